The second-order valence-corrected chi connectivity index (χ2v) is 10.4. The third kappa shape index (κ3) is 11.4. The van der Waals surface area contributed by atoms with Crippen LogP contribution >= 0.6 is 11.6 Å². The summed E-state index contributed by atoms with van der Waals surface area (Å²) in [7, 11) is 0. The van der Waals surface area contributed by atoms with Crippen molar-refractivity contribution < 1.29 is 34.1 Å². The van der Waals surface area contributed by atoms with Crippen molar-refractivity contribution in [2.75, 3.05) is 19.0 Å². The molecule has 3 N–H and O–H groups in total. The number of ketones is 1. The van der Waals surface area contributed by atoms with Gasteiger partial charge in [0.2, 0.25) is 0 Å². The minimum Gasteiger partial charge on any atom is -0.480 e. The van der Waals surface area contributed by atoms with Crippen LogP contribution in [0.1, 0.15) is 55.5 Å². The van der Waals surface area contributed by atoms with Crippen LogP contribution in [0.3, 0.4) is 0 Å². The molecule has 4 rings (SSSR count). The number of aliphatic carboxylic acids is 2. The maximum atomic E-state index is 12.0. The summed E-state index contributed by atoms with van der Waals surface area (Å²) in [5.41, 5.74) is 1.57. The van der Waals surface area contributed by atoms with Crippen molar-refractivity contribution in [3.05, 3.63) is 71.8 Å². The van der Waals surface area contributed by atoms with E-state index in [1.165, 1.54) is 4.90 Å². The Hall–Kier alpha value is -3.43. The number of piperidine rings is 2. The number of nitrogens with zero attached hydrogens (tertiary/aromatic N) is 1. The van der Waals surface area contributed by atoms with Gasteiger partial charge in [-0.25, -0.2) is 9.59 Å². The molecule has 10 heteroatoms. The Kier molecular flexibility index (Phi) is 14.2. The Labute approximate surface area is 240 Å². The molecule has 2 aromatic carbocycles. The minimum atomic E-state index is -0.965. The van der Waals surface area contributed by atoms with Gasteiger partial charge in [-0.05, 0) is 49.6 Å². The summed E-state index contributed by atoms with van der Waals surface area (Å²) in [4.78, 5) is 45.9. The zero-order chi connectivity index (χ0) is 29.5. The SMILES string of the molecule is CC1CCN(C(=O)OCc2ccccc2)C(C(=O)O)C1.CC1CCNC(C(=O)O)C1.O=C(CCl)c1ccccc1. The first-order valence-electron chi connectivity index (χ1n) is 13.4. The van der Waals surface area contributed by atoms with Gasteiger partial charge in [-0.2, -0.15) is 0 Å². The second kappa shape index (κ2) is 17.3. The molecule has 2 aliphatic rings. The Bertz CT molecular complexity index is 1080. The highest BCUT2D eigenvalue weighted by atomic mass is 35.5. The van der Waals surface area contributed by atoms with Crippen LogP contribution < -0.4 is 5.32 Å². The van der Waals surface area contributed by atoms with Gasteiger partial charge in [0.1, 0.15) is 18.7 Å². The predicted molar refractivity (Wildman–Crippen MR) is 152 cm³/mol. The number of ether oxygens (including phenoxy) is 1. The fraction of sp³-hybridized carbons (Fsp3) is 0.467. The highest BCUT2D eigenvalue weighted by Crippen LogP contribution is 2.23. The molecule has 0 saturated carbocycles. The van der Waals surface area contributed by atoms with E-state index in [0.717, 1.165) is 31.4 Å². The molecule has 4 atom stereocenters. The van der Waals surface area contributed by atoms with Crippen molar-refractivity contribution in [1.82, 2.24) is 10.2 Å². The quantitative estimate of drug-likeness (QED) is 0.321. The lowest BCUT2D eigenvalue weighted by Crippen LogP contribution is -2.49. The molecule has 1 amide bonds. The lowest BCUT2D eigenvalue weighted by molar-refractivity contribution is -0.144. The van der Waals surface area contributed by atoms with Gasteiger partial charge in [-0.3, -0.25) is 14.5 Å². The standard InChI is InChI=1S/C15H19NO4.C8H7ClO.C7H13NO2/c1-11-7-8-16(13(9-11)14(17)18)15(19)20-10-12-5-3-2-4-6-12;9-6-8(10)7-4-2-1-3-5-7;1-5-2-3-8-6(4-5)7(9)10/h2-6,11,13H,7-10H2,1H3,(H,17,18);1-5H,6H2;5-6,8H,2-4H2,1H3,(H,9,10). The molecule has 0 bridgehead atoms. The monoisotopic (exact) mass is 574 g/mol. The number of carboxylic acids is 2. The van der Waals surface area contributed by atoms with E-state index in [1.54, 1.807) is 12.1 Å². The summed E-state index contributed by atoms with van der Waals surface area (Å²) >= 11 is 5.34. The van der Waals surface area contributed by atoms with Crippen molar-refractivity contribution in [3.8, 4) is 0 Å². The summed E-state index contributed by atoms with van der Waals surface area (Å²) < 4.78 is 5.21. The van der Waals surface area contributed by atoms with Crippen LogP contribution in [0.25, 0.3) is 0 Å². The Morgan fingerprint density at radius 1 is 0.900 bits per heavy atom. The first-order chi connectivity index (χ1) is 19.1. The summed E-state index contributed by atoms with van der Waals surface area (Å²) in [6, 6.07) is 17.3. The first-order valence-corrected chi connectivity index (χ1v) is 14.0. The number of nitrogens with one attached hydrogen (secondary N) is 1. The van der Waals surface area contributed by atoms with E-state index >= 15 is 0 Å². The largest absolute Gasteiger partial charge is 0.480 e. The maximum absolute atomic E-state index is 12.0. The number of hydrogen-bond acceptors (Lipinski definition) is 6. The van der Waals surface area contributed by atoms with Gasteiger partial charge < -0.3 is 20.3 Å². The number of carbonyl (C=O) groups excluding carboxylic acids is 2. The third-order valence-corrected chi connectivity index (χ3v) is 7.01. The number of halogens is 1. The van der Waals surface area contributed by atoms with Crippen LogP contribution in [-0.4, -0.2) is 70.0 Å². The summed E-state index contributed by atoms with van der Waals surface area (Å²) in [5, 5.41) is 20.8. The van der Waals surface area contributed by atoms with Crippen molar-refractivity contribution in [2.24, 2.45) is 11.8 Å². The number of carboxylic acid groups (broad SMARTS) is 2. The number of amides is 1. The zero-order valence-corrected chi connectivity index (χ0v) is 23.8. The molecular formula is C30H39ClN2O7. The van der Waals surface area contributed by atoms with Crippen LogP contribution in [0.2, 0.25) is 0 Å². The lowest BCUT2D eigenvalue weighted by atomic mass is 9.93. The molecule has 0 aliphatic carbocycles. The molecule has 218 valence electrons. The number of alkyl halides is 1. The van der Waals surface area contributed by atoms with Crippen LogP contribution in [0.5, 0.6) is 0 Å². The number of hydrogen-bond donors (Lipinski definition) is 3. The fourth-order valence-electron chi connectivity index (χ4n) is 4.39. The molecule has 40 heavy (non-hydrogen) atoms. The molecule has 9 nitrogen and oxygen atoms in total. The van der Waals surface area contributed by atoms with E-state index in [0.29, 0.717) is 30.4 Å². The van der Waals surface area contributed by atoms with E-state index in [2.05, 4.69) is 12.2 Å². The van der Waals surface area contributed by atoms with Crippen LogP contribution in [0.15, 0.2) is 60.7 Å². The van der Waals surface area contributed by atoms with E-state index in [1.807, 2.05) is 55.5 Å². The van der Waals surface area contributed by atoms with Gasteiger partial charge in [-0.1, -0.05) is 74.5 Å². The first kappa shape index (κ1) is 32.8. The summed E-state index contributed by atoms with van der Waals surface area (Å²) in [6.45, 7) is 5.54. The topological polar surface area (TPSA) is 133 Å². The van der Waals surface area contributed by atoms with E-state index in [-0.39, 0.29) is 24.3 Å². The molecule has 2 aliphatic heterocycles. The third-order valence-electron chi connectivity index (χ3n) is 6.77. The zero-order valence-electron chi connectivity index (χ0n) is 23.0. The molecule has 2 fully saturated rings. The fourth-order valence-corrected chi connectivity index (χ4v) is 4.55. The molecular weight excluding hydrogens is 536 g/mol. The number of benzene rings is 2. The average molecular weight is 575 g/mol. The average Bonchev–Trinajstić information content (AvgIpc) is 2.97. The van der Waals surface area contributed by atoms with Crippen molar-refractivity contribution >= 4 is 35.4 Å². The van der Waals surface area contributed by atoms with Crippen LogP contribution in [0, 0.1) is 11.8 Å². The molecule has 2 heterocycles. The number of carbonyl (C=O) groups is 4. The van der Waals surface area contributed by atoms with E-state index in [9.17, 15) is 24.3 Å². The smallest absolute Gasteiger partial charge is 0.410 e. The maximum Gasteiger partial charge on any atom is 0.410 e. The molecule has 0 spiro atoms. The molecule has 0 aromatic heterocycles. The highest BCUT2D eigenvalue weighted by Gasteiger charge is 2.35. The molecule has 0 radical (unpaired) electrons. The molecule has 4 unspecified atom stereocenters. The second-order valence-electron chi connectivity index (χ2n) is 10.1. The van der Waals surface area contributed by atoms with Gasteiger partial charge in [0.05, 0.1) is 5.88 Å². The summed E-state index contributed by atoms with van der Waals surface area (Å²) in [5.74, 6) is -0.775. The van der Waals surface area contributed by atoms with Gasteiger partial charge >= 0.3 is 18.0 Å². The number of Topliss-reactive ketones (excluding diaryl/α,β-unsaturated/α-hetero) is 1. The predicted octanol–water partition coefficient (Wildman–Crippen LogP) is 5.08. The lowest BCUT2D eigenvalue weighted by Gasteiger charge is -2.35. The number of rotatable bonds is 6. The Balaban J connectivity index is 0.000000235. The summed E-state index contributed by atoms with van der Waals surface area (Å²) in [6.07, 6.45) is 2.62. The van der Waals surface area contributed by atoms with Gasteiger partial charge in [0, 0.05) is 12.1 Å². The van der Waals surface area contributed by atoms with E-state index < -0.39 is 24.1 Å². The van der Waals surface area contributed by atoms with Crippen molar-refractivity contribution in [1.29, 1.82) is 0 Å². The van der Waals surface area contributed by atoms with Gasteiger partial charge in [-0.15, -0.1) is 11.6 Å². The Morgan fingerprint density at radius 2 is 1.50 bits per heavy atom. The number of likely N-dealkylation sites (tertiary alicyclic amines) is 1. The Morgan fingerprint density at radius 3 is 2.02 bits per heavy atom. The van der Waals surface area contributed by atoms with Crippen LogP contribution in [-0.2, 0) is 20.9 Å². The van der Waals surface area contributed by atoms with E-state index in [4.69, 9.17) is 21.4 Å². The van der Waals surface area contributed by atoms with Gasteiger partial charge in [0.25, 0.3) is 0 Å². The normalized spacial score (nSPS) is 21.9. The van der Waals surface area contributed by atoms with Gasteiger partial charge in [0.15, 0.2) is 5.78 Å². The molecule has 2 aromatic rings. The van der Waals surface area contributed by atoms with Crippen molar-refractivity contribution in [3.63, 3.8) is 0 Å². The highest BCUT2D eigenvalue weighted by molar-refractivity contribution is 6.30. The minimum absolute atomic E-state index is 0.0257. The molecule has 2 saturated heterocycles. The van der Waals surface area contributed by atoms with Crippen molar-refractivity contribution in [2.45, 2.75) is 58.2 Å². The van der Waals surface area contributed by atoms with Crippen LogP contribution in [0.4, 0.5) is 4.79 Å².